The number of nitrogens with zero attached hydrogens (tertiary/aromatic N) is 1. The molecule has 0 aromatic carbocycles. The third-order valence-electron chi connectivity index (χ3n) is 1.78. The highest BCUT2D eigenvalue weighted by Gasteiger charge is 2.18. The van der Waals surface area contributed by atoms with E-state index in [1.165, 1.54) is 13.1 Å². The summed E-state index contributed by atoms with van der Waals surface area (Å²) in [7, 11) is 0. The average Bonchev–Trinajstić information content (AvgIpc) is 2.04. The predicted octanol–water partition coefficient (Wildman–Crippen LogP) is 1.49. The number of rotatable bonds is 2. The van der Waals surface area contributed by atoms with E-state index in [0.29, 0.717) is 0 Å². The van der Waals surface area contributed by atoms with Crippen LogP contribution in [0.3, 0.4) is 0 Å². The van der Waals surface area contributed by atoms with Gasteiger partial charge in [-0.25, -0.2) is 8.78 Å². The van der Waals surface area contributed by atoms with Crippen molar-refractivity contribution in [3.63, 3.8) is 0 Å². The van der Waals surface area contributed by atoms with Gasteiger partial charge >= 0.3 is 0 Å². The number of hydrogen-bond donors (Lipinski definition) is 2. The molecule has 5 heteroatoms. The van der Waals surface area contributed by atoms with Gasteiger partial charge in [-0.15, -0.1) is 0 Å². The van der Waals surface area contributed by atoms with Gasteiger partial charge in [0.25, 0.3) is 6.43 Å². The van der Waals surface area contributed by atoms with Crippen LogP contribution in [0.5, 0.6) is 5.75 Å². The van der Waals surface area contributed by atoms with Gasteiger partial charge in [-0.1, -0.05) is 0 Å². The summed E-state index contributed by atoms with van der Waals surface area (Å²) in [5.74, 6) is -0.488. The van der Waals surface area contributed by atoms with Crippen LogP contribution < -0.4 is 5.73 Å². The molecule has 0 bridgehead atoms. The molecule has 72 valence electrons. The number of aromatic hydroxyl groups is 1. The van der Waals surface area contributed by atoms with Crippen LogP contribution in [0.1, 0.15) is 23.2 Å². The second-order valence-electron chi connectivity index (χ2n) is 2.66. The first-order chi connectivity index (χ1) is 6.07. The Morgan fingerprint density at radius 2 is 2.23 bits per heavy atom. The highest BCUT2D eigenvalue weighted by Crippen LogP contribution is 2.32. The minimum absolute atomic E-state index is 0.0498. The lowest BCUT2D eigenvalue weighted by molar-refractivity contribution is 0.146. The Morgan fingerprint density at radius 1 is 1.62 bits per heavy atom. The van der Waals surface area contributed by atoms with Gasteiger partial charge in [-0.3, -0.25) is 4.98 Å². The quantitative estimate of drug-likeness (QED) is 0.739. The summed E-state index contributed by atoms with van der Waals surface area (Å²) in [5, 5.41) is 9.32. The van der Waals surface area contributed by atoms with Gasteiger partial charge in [-0.2, -0.15) is 0 Å². The molecule has 13 heavy (non-hydrogen) atoms. The molecule has 0 spiro atoms. The second kappa shape index (κ2) is 3.66. The monoisotopic (exact) mass is 188 g/mol. The Labute approximate surface area is 74.2 Å². The number of nitrogens with two attached hydrogens (primary N) is 1. The molecule has 0 aliphatic heterocycles. The Balaban J connectivity index is 3.30. The molecule has 0 aliphatic carbocycles. The summed E-state index contributed by atoms with van der Waals surface area (Å²) in [6.45, 7) is 1.42. The first-order valence-electron chi connectivity index (χ1n) is 3.73. The summed E-state index contributed by atoms with van der Waals surface area (Å²) >= 11 is 0. The Hall–Kier alpha value is -1.23. The van der Waals surface area contributed by atoms with Crippen LogP contribution in [0.25, 0.3) is 0 Å². The lowest BCUT2D eigenvalue weighted by Gasteiger charge is -2.09. The smallest absolute Gasteiger partial charge is 0.267 e. The van der Waals surface area contributed by atoms with E-state index >= 15 is 0 Å². The van der Waals surface area contributed by atoms with E-state index in [1.54, 1.807) is 0 Å². The number of hydrogen-bond acceptors (Lipinski definition) is 3. The van der Waals surface area contributed by atoms with Crippen LogP contribution in [-0.2, 0) is 6.54 Å². The topological polar surface area (TPSA) is 59.1 Å². The van der Waals surface area contributed by atoms with Gasteiger partial charge in [0, 0.05) is 12.7 Å². The maximum absolute atomic E-state index is 12.4. The van der Waals surface area contributed by atoms with Crippen LogP contribution in [0, 0.1) is 6.92 Å². The number of aromatic nitrogens is 1. The number of alkyl halides is 2. The first-order valence-corrected chi connectivity index (χ1v) is 3.73. The number of halogens is 2. The van der Waals surface area contributed by atoms with E-state index in [4.69, 9.17) is 5.73 Å². The van der Waals surface area contributed by atoms with E-state index < -0.39 is 12.2 Å². The fraction of sp³-hybridized carbons (Fsp3) is 0.375. The van der Waals surface area contributed by atoms with Crippen molar-refractivity contribution >= 4 is 0 Å². The molecule has 0 unspecified atom stereocenters. The van der Waals surface area contributed by atoms with Crippen molar-refractivity contribution in [2.75, 3.05) is 0 Å². The zero-order valence-electron chi connectivity index (χ0n) is 7.09. The molecular weight excluding hydrogens is 178 g/mol. The normalized spacial score (nSPS) is 10.8. The summed E-state index contributed by atoms with van der Waals surface area (Å²) in [6, 6.07) is 0. The van der Waals surface area contributed by atoms with Crippen molar-refractivity contribution in [3.05, 3.63) is 23.0 Å². The molecule has 3 nitrogen and oxygen atoms in total. The summed E-state index contributed by atoms with van der Waals surface area (Å²) < 4.78 is 24.8. The molecule has 0 atom stereocenters. The lowest BCUT2D eigenvalue weighted by Crippen LogP contribution is -2.03. The van der Waals surface area contributed by atoms with Crippen molar-refractivity contribution in [2.45, 2.75) is 19.9 Å². The summed E-state index contributed by atoms with van der Waals surface area (Å²) in [4.78, 5) is 3.73. The van der Waals surface area contributed by atoms with Crippen LogP contribution >= 0.6 is 0 Å². The highest BCUT2D eigenvalue weighted by molar-refractivity contribution is 5.41. The Bertz CT molecular complexity index is 315. The minimum Gasteiger partial charge on any atom is -0.505 e. The van der Waals surface area contributed by atoms with Crippen molar-refractivity contribution in [1.82, 2.24) is 4.98 Å². The lowest BCUT2D eigenvalue weighted by atomic mass is 10.1. The molecule has 0 saturated heterocycles. The fourth-order valence-corrected chi connectivity index (χ4v) is 1.07. The van der Waals surface area contributed by atoms with Gasteiger partial charge in [0.1, 0.15) is 5.75 Å². The van der Waals surface area contributed by atoms with Gasteiger partial charge in [-0.05, 0) is 12.5 Å². The van der Waals surface area contributed by atoms with E-state index in [0.717, 1.165) is 0 Å². The fourth-order valence-electron chi connectivity index (χ4n) is 1.07. The second-order valence-corrected chi connectivity index (χ2v) is 2.66. The molecule has 1 rings (SSSR count). The SMILES string of the molecule is Cc1cnc(CN)c(O)c1C(F)F. The third kappa shape index (κ3) is 1.75. The van der Waals surface area contributed by atoms with Crippen molar-refractivity contribution < 1.29 is 13.9 Å². The molecular formula is C8H10F2N2O. The standard InChI is InChI=1S/C8H10F2N2O/c1-4-3-12-5(2-11)7(13)6(4)8(9)10/h3,8,13H,2,11H2,1H3. The van der Waals surface area contributed by atoms with Crippen molar-refractivity contribution in [3.8, 4) is 5.75 Å². The summed E-state index contributed by atoms with van der Waals surface area (Å²) in [6.07, 6.45) is -1.42. The van der Waals surface area contributed by atoms with Gasteiger partial charge in [0.05, 0.1) is 11.3 Å². The van der Waals surface area contributed by atoms with E-state index in [9.17, 15) is 13.9 Å². The highest BCUT2D eigenvalue weighted by atomic mass is 19.3. The Kier molecular flexibility index (Phi) is 2.77. The van der Waals surface area contributed by atoms with Gasteiger partial charge < -0.3 is 10.8 Å². The van der Waals surface area contributed by atoms with Crippen molar-refractivity contribution in [1.29, 1.82) is 0 Å². The molecule has 3 N–H and O–H groups in total. The number of pyridine rings is 1. The molecule has 1 heterocycles. The van der Waals surface area contributed by atoms with Crippen LogP contribution in [0.15, 0.2) is 6.20 Å². The molecule has 0 amide bonds. The zero-order chi connectivity index (χ0) is 10.0. The van der Waals surface area contributed by atoms with E-state index in [2.05, 4.69) is 4.98 Å². The molecule has 1 aromatic heterocycles. The van der Waals surface area contributed by atoms with Crippen LogP contribution in [0.2, 0.25) is 0 Å². The van der Waals surface area contributed by atoms with Crippen LogP contribution in [-0.4, -0.2) is 10.1 Å². The first kappa shape index (κ1) is 9.85. The Morgan fingerprint density at radius 3 is 2.69 bits per heavy atom. The van der Waals surface area contributed by atoms with Crippen LogP contribution in [0.4, 0.5) is 8.78 Å². The molecule has 0 saturated carbocycles. The van der Waals surface area contributed by atoms with E-state index in [-0.39, 0.29) is 23.4 Å². The van der Waals surface area contributed by atoms with Crippen molar-refractivity contribution in [2.24, 2.45) is 5.73 Å². The largest absolute Gasteiger partial charge is 0.505 e. The average molecular weight is 188 g/mol. The maximum atomic E-state index is 12.4. The van der Waals surface area contributed by atoms with Gasteiger partial charge in [0.15, 0.2) is 0 Å². The zero-order valence-corrected chi connectivity index (χ0v) is 7.09. The van der Waals surface area contributed by atoms with E-state index in [1.807, 2.05) is 0 Å². The maximum Gasteiger partial charge on any atom is 0.267 e. The third-order valence-corrected chi connectivity index (χ3v) is 1.78. The number of aryl methyl sites for hydroxylation is 1. The molecule has 0 fully saturated rings. The molecule has 0 aliphatic rings. The molecule has 1 aromatic rings. The minimum atomic E-state index is -2.70. The van der Waals surface area contributed by atoms with Gasteiger partial charge in [0.2, 0.25) is 0 Å². The molecule has 0 radical (unpaired) electrons. The summed E-state index contributed by atoms with van der Waals surface area (Å²) in [5.41, 5.74) is 5.19. The predicted molar refractivity (Wildman–Crippen MR) is 43.5 cm³/mol.